The zero-order valence-corrected chi connectivity index (χ0v) is 29.6. The van der Waals surface area contributed by atoms with Crippen molar-refractivity contribution >= 4 is 39.5 Å². The summed E-state index contributed by atoms with van der Waals surface area (Å²) in [5, 5.41) is 20.8. The third kappa shape index (κ3) is 12.4. The van der Waals surface area contributed by atoms with Crippen LogP contribution in [0, 0.1) is 10.1 Å². The molecule has 0 spiro atoms. The van der Waals surface area contributed by atoms with Crippen molar-refractivity contribution in [2.24, 2.45) is 0 Å². The SMILES string of the molecule is CC(C)(C)OC(=O)NCCCC[C@H]1CC(=O)NCCc2cc(Br)c(OCc3ccccc3)c(c2)Oc2ccc(cc2[N+](=O)[O-])CCC(=O)N1. The third-order valence-corrected chi connectivity index (χ3v) is 8.15. The highest BCUT2D eigenvalue weighted by Crippen LogP contribution is 2.42. The maximum absolute atomic E-state index is 13.0. The van der Waals surface area contributed by atoms with Gasteiger partial charge in [0.25, 0.3) is 0 Å². The summed E-state index contributed by atoms with van der Waals surface area (Å²) in [6.07, 6.45) is 2.15. The van der Waals surface area contributed by atoms with E-state index in [1.54, 1.807) is 32.9 Å². The second-order valence-corrected chi connectivity index (χ2v) is 13.7. The highest BCUT2D eigenvalue weighted by atomic mass is 79.9. The minimum absolute atomic E-state index is 0.0301. The zero-order chi connectivity index (χ0) is 35.4. The standard InChI is InChI=1S/C36H43BrN4O8/c1-36(2,3)49-35(44)39-17-8-7-11-27-22-33(43)38-18-16-26-19-28(37)34(47-23-25-9-5-4-6-10-25)31(21-26)48-30-14-12-24(13-15-32(42)40-27)20-29(30)41(45)46/h4-6,9-10,12,14,19-21,27H,7-8,11,13,15-18,22-23H2,1-3H3,(H,38,43)(H,39,44)(H,40,42)/t27-/m0/s1. The Labute approximate surface area is 294 Å². The van der Waals surface area contributed by atoms with E-state index in [0.29, 0.717) is 54.6 Å². The number of ether oxygens (including phenoxy) is 3. The molecule has 3 aromatic carbocycles. The van der Waals surface area contributed by atoms with Crippen molar-refractivity contribution in [3.05, 3.63) is 91.9 Å². The maximum atomic E-state index is 13.0. The molecule has 3 aromatic rings. The Balaban J connectivity index is 1.52. The number of alkyl carbamates (subject to hydrolysis) is 1. The lowest BCUT2D eigenvalue weighted by atomic mass is 10.0. The number of carbonyl (C=O) groups excluding carboxylic acids is 3. The molecule has 2 aliphatic rings. The number of fused-ring (bicyclic) bond motifs is 11. The molecule has 13 heteroatoms. The van der Waals surface area contributed by atoms with Crippen LogP contribution >= 0.6 is 15.9 Å². The number of nitrogens with one attached hydrogen (secondary N) is 3. The number of nitro benzene ring substituents is 1. The first-order valence-electron chi connectivity index (χ1n) is 16.3. The Morgan fingerprint density at radius 1 is 1.00 bits per heavy atom. The molecule has 3 N–H and O–H groups in total. The maximum Gasteiger partial charge on any atom is 0.407 e. The molecule has 2 aliphatic heterocycles. The first kappa shape index (κ1) is 37.2. The Kier molecular flexibility index (Phi) is 13.4. The number of unbranched alkanes of at least 4 members (excludes halogenated alkanes) is 1. The van der Waals surface area contributed by atoms with Crippen molar-refractivity contribution in [1.82, 2.24) is 16.0 Å². The van der Waals surface area contributed by atoms with Gasteiger partial charge in [0.1, 0.15) is 12.2 Å². The number of amides is 3. The summed E-state index contributed by atoms with van der Waals surface area (Å²) >= 11 is 3.59. The topological polar surface area (TPSA) is 158 Å². The van der Waals surface area contributed by atoms with Crippen LogP contribution in [0.1, 0.15) is 69.6 Å². The number of nitrogens with zero attached hydrogens (tertiary/aromatic N) is 1. The molecule has 5 rings (SSSR count). The smallest absolute Gasteiger partial charge is 0.407 e. The van der Waals surface area contributed by atoms with Crippen LogP contribution in [0.5, 0.6) is 17.2 Å². The van der Waals surface area contributed by atoms with E-state index in [1.165, 1.54) is 12.1 Å². The fourth-order valence-corrected chi connectivity index (χ4v) is 5.83. The highest BCUT2D eigenvalue weighted by Gasteiger charge is 2.23. The van der Waals surface area contributed by atoms with Crippen molar-refractivity contribution < 1.29 is 33.5 Å². The molecule has 3 amide bonds. The summed E-state index contributed by atoms with van der Waals surface area (Å²) in [5.41, 5.74) is 1.50. The molecule has 12 nitrogen and oxygen atoms in total. The van der Waals surface area contributed by atoms with Crippen LogP contribution in [0.4, 0.5) is 10.5 Å². The van der Waals surface area contributed by atoms with Crippen LogP contribution in [-0.2, 0) is 33.8 Å². The van der Waals surface area contributed by atoms with Gasteiger partial charge < -0.3 is 30.2 Å². The van der Waals surface area contributed by atoms with Gasteiger partial charge in [-0.25, -0.2) is 4.79 Å². The molecule has 0 aliphatic carbocycles. The van der Waals surface area contributed by atoms with Gasteiger partial charge in [0.05, 0.1) is 9.40 Å². The van der Waals surface area contributed by atoms with E-state index in [0.717, 1.165) is 11.1 Å². The lowest BCUT2D eigenvalue weighted by Crippen LogP contribution is -2.40. The predicted molar refractivity (Wildman–Crippen MR) is 188 cm³/mol. The van der Waals surface area contributed by atoms with Crippen molar-refractivity contribution in [2.75, 3.05) is 13.1 Å². The van der Waals surface area contributed by atoms with E-state index in [9.17, 15) is 24.5 Å². The molecule has 0 unspecified atom stereocenters. The van der Waals surface area contributed by atoms with Gasteiger partial charge in [-0.2, -0.15) is 0 Å². The summed E-state index contributed by atoms with van der Waals surface area (Å²) in [6, 6.07) is 17.4. The van der Waals surface area contributed by atoms with E-state index < -0.39 is 22.7 Å². The van der Waals surface area contributed by atoms with Gasteiger partial charge in [-0.3, -0.25) is 19.7 Å². The number of carbonyl (C=O) groups is 3. The fraction of sp³-hybridized carbons (Fsp3) is 0.417. The zero-order valence-electron chi connectivity index (χ0n) is 28.0. The first-order chi connectivity index (χ1) is 23.4. The van der Waals surface area contributed by atoms with Crippen LogP contribution in [0.15, 0.2) is 65.1 Å². The predicted octanol–water partition coefficient (Wildman–Crippen LogP) is 6.90. The lowest BCUT2D eigenvalue weighted by molar-refractivity contribution is -0.385. The van der Waals surface area contributed by atoms with Crippen LogP contribution in [0.3, 0.4) is 0 Å². The van der Waals surface area contributed by atoms with Crippen molar-refractivity contribution in [2.45, 2.75) is 84.0 Å². The lowest BCUT2D eigenvalue weighted by Gasteiger charge is -2.20. The molecular formula is C36H43BrN4O8. The van der Waals surface area contributed by atoms with Crippen LogP contribution in [0.25, 0.3) is 0 Å². The second-order valence-electron chi connectivity index (χ2n) is 12.8. The molecule has 2 heterocycles. The number of aryl methyl sites for hydroxylation is 1. The number of benzene rings is 3. The number of hydrogen-bond donors (Lipinski definition) is 3. The molecule has 1 atom stereocenters. The van der Waals surface area contributed by atoms with Gasteiger partial charge >= 0.3 is 11.8 Å². The van der Waals surface area contributed by atoms with E-state index in [2.05, 4.69) is 31.9 Å². The summed E-state index contributed by atoms with van der Waals surface area (Å²) in [4.78, 5) is 49.5. The van der Waals surface area contributed by atoms with Gasteiger partial charge in [-0.15, -0.1) is 0 Å². The summed E-state index contributed by atoms with van der Waals surface area (Å²) in [5.74, 6) is 0.216. The molecule has 0 radical (unpaired) electrons. The Morgan fingerprint density at radius 3 is 2.51 bits per heavy atom. The summed E-state index contributed by atoms with van der Waals surface area (Å²) in [6.45, 7) is 6.33. The van der Waals surface area contributed by atoms with E-state index in [4.69, 9.17) is 14.2 Å². The van der Waals surface area contributed by atoms with Gasteiger partial charge in [0, 0.05) is 38.0 Å². The van der Waals surface area contributed by atoms with E-state index >= 15 is 0 Å². The number of hydrogen-bond acceptors (Lipinski definition) is 8. The molecule has 0 saturated carbocycles. The quantitative estimate of drug-likeness (QED) is 0.122. The Hall–Kier alpha value is -4.65. The van der Waals surface area contributed by atoms with Crippen molar-refractivity contribution in [3.63, 3.8) is 0 Å². The van der Waals surface area contributed by atoms with Crippen LogP contribution in [0.2, 0.25) is 0 Å². The normalized spacial score (nSPS) is 15.6. The molecule has 0 fully saturated rings. The average Bonchev–Trinajstić information content (AvgIpc) is 3.02. The molecule has 262 valence electrons. The van der Waals surface area contributed by atoms with Crippen LogP contribution < -0.4 is 25.4 Å². The summed E-state index contributed by atoms with van der Waals surface area (Å²) < 4.78 is 18.2. The molecule has 0 saturated heterocycles. The molecule has 4 bridgehead atoms. The largest absolute Gasteiger partial charge is 0.484 e. The van der Waals surface area contributed by atoms with Crippen LogP contribution in [-0.4, -0.2) is 47.6 Å². The van der Waals surface area contributed by atoms with Gasteiger partial charge in [0.2, 0.25) is 17.6 Å². The Morgan fingerprint density at radius 2 is 1.78 bits per heavy atom. The minimum atomic E-state index is -0.594. The van der Waals surface area contributed by atoms with Gasteiger partial charge in [0.15, 0.2) is 11.5 Å². The first-order valence-corrected chi connectivity index (χ1v) is 17.1. The van der Waals surface area contributed by atoms with E-state index in [-0.39, 0.29) is 54.9 Å². The highest BCUT2D eigenvalue weighted by molar-refractivity contribution is 9.10. The number of halogens is 1. The average molecular weight is 740 g/mol. The summed E-state index contributed by atoms with van der Waals surface area (Å²) in [7, 11) is 0. The van der Waals surface area contributed by atoms with E-state index in [1.807, 2.05) is 36.4 Å². The van der Waals surface area contributed by atoms with Gasteiger partial charge in [-0.05, 0) is 104 Å². The third-order valence-electron chi connectivity index (χ3n) is 7.56. The monoisotopic (exact) mass is 738 g/mol. The minimum Gasteiger partial charge on any atom is -0.484 e. The second kappa shape index (κ2) is 17.7. The Bertz CT molecular complexity index is 1630. The number of nitro groups is 1. The number of rotatable bonds is 9. The van der Waals surface area contributed by atoms with Crippen molar-refractivity contribution in [3.8, 4) is 17.2 Å². The van der Waals surface area contributed by atoms with Crippen molar-refractivity contribution in [1.29, 1.82) is 0 Å². The fourth-order valence-electron chi connectivity index (χ4n) is 5.22. The molecule has 49 heavy (non-hydrogen) atoms. The molecular weight excluding hydrogens is 696 g/mol. The van der Waals surface area contributed by atoms with Gasteiger partial charge in [-0.1, -0.05) is 36.4 Å². The molecule has 0 aromatic heterocycles.